The fourth-order valence-electron chi connectivity index (χ4n) is 1.55. The van der Waals surface area contributed by atoms with Crippen LogP contribution in [-0.4, -0.2) is 0 Å². The van der Waals surface area contributed by atoms with Gasteiger partial charge in [-0.2, -0.15) is 0 Å². The van der Waals surface area contributed by atoms with Gasteiger partial charge < -0.3 is 0 Å². The molecule has 0 aliphatic rings. The summed E-state index contributed by atoms with van der Waals surface area (Å²) in [6, 6.07) is 18.0. The van der Waals surface area contributed by atoms with E-state index >= 15 is 0 Å². The molecular formula is C16H13Cl. The lowest BCUT2D eigenvalue weighted by molar-refractivity contribution is 1.03. The fraction of sp³-hybridized carbons (Fsp3) is 0.125. The van der Waals surface area contributed by atoms with Gasteiger partial charge in [0.15, 0.2) is 0 Å². The minimum absolute atomic E-state index is 0.750. The van der Waals surface area contributed by atoms with Gasteiger partial charge in [-0.3, -0.25) is 0 Å². The molecule has 0 heterocycles. The van der Waals surface area contributed by atoms with E-state index in [1.54, 1.807) is 0 Å². The van der Waals surface area contributed by atoms with Crippen molar-refractivity contribution >= 4 is 11.6 Å². The van der Waals surface area contributed by atoms with Crippen LogP contribution in [0.3, 0.4) is 0 Å². The van der Waals surface area contributed by atoms with Crippen molar-refractivity contribution in [2.24, 2.45) is 0 Å². The van der Waals surface area contributed by atoms with E-state index in [1.807, 2.05) is 30.3 Å². The van der Waals surface area contributed by atoms with E-state index in [0.29, 0.717) is 0 Å². The van der Waals surface area contributed by atoms with Crippen LogP contribution in [-0.2, 0) is 6.42 Å². The van der Waals surface area contributed by atoms with Crippen molar-refractivity contribution < 1.29 is 0 Å². The van der Waals surface area contributed by atoms with Crippen molar-refractivity contribution in [2.75, 3.05) is 0 Å². The monoisotopic (exact) mass is 240 g/mol. The summed E-state index contributed by atoms with van der Waals surface area (Å²) in [6.45, 7) is 0. The van der Waals surface area contributed by atoms with Gasteiger partial charge in [0.2, 0.25) is 0 Å². The van der Waals surface area contributed by atoms with Gasteiger partial charge in [-0.15, -0.1) is 0 Å². The van der Waals surface area contributed by atoms with Gasteiger partial charge in [0.25, 0.3) is 0 Å². The largest absolute Gasteiger partial charge is 0.0975 e. The number of halogens is 1. The standard InChI is InChI=1S/C16H13Cl/c17-16-12-10-15(11-13-16)9-5-4-8-14-6-2-1-3-7-14/h1-3,6-7,10-13H,4,8H2. The Morgan fingerprint density at radius 1 is 0.882 bits per heavy atom. The zero-order valence-corrected chi connectivity index (χ0v) is 10.2. The van der Waals surface area contributed by atoms with Crippen LogP contribution in [0.5, 0.6) is 0 Å². The zero-order valence-electron chi connectivity index (χ0n) is 9.49. The maximum atomic E-state index is 5.80. The lowest BCUT2D eigenvalue weighted by Crippen LogP contribution is -1.81. The molecule has 0 amide bonds. The van der Waals surface area contributed by atoms with E-state index in [0.717, 1.165) is 23.4 Å². The van der Waals surface area contributed by atoms with Crippen molar-refractivity contribution in [1.82, 2.24) is 0 Å². The van der Waals surface area contributed by atoms with Gasteiger partial charge in [0.1, 0.15) is 0 Å². The molecule has 0 aliphatic heterocycles. The van der Waals surface area contributed by atoms with Crippen LogP contribution in [0.25, 0.3) is 0 Å². The van der Waals surface area contributed by atoms with Crippen LogP contribution in [0, 0.1) is 11.8 Å². The smallest absolute Gasteiger partial charge is 0.0406 e. The van der Waals surface area contributed by atoms with Crippen LogP contribution < -0.4 is 0 Å². The minimum Gasteiger partial charge on any atom is -0.0975 e. The Hall–Kier alpha value is -1.71. The first-order chi connectivity index (χ1) is 8.34. The van der Waals surface area contributed by atoms with Crippen LogP contribution in [0.2, 0.25) is 5.02 Å². The number of rotatable bonds is 2. The summed E-state index contributed by atoms with van der Waals surface area (Å²) in [5, 5.41) is 0.750. The quantitative estimate of drug-likeness (QED) is 0.686. The van der Waals surface area contributed by atoms with Crippen molar-refractivity contribution in [3.05, 3.63) is 70.7 Å². The molecule has 0 unspecified atom stereocenters. The predicted molar refractivity (Wildman–Crippen MR) is 73.1 cm³/mol. The van der Waals surface area contributed by atoms with Crippen molar-refractivity contribution in [3.8, 4) is 11.8 Å². The maximum absolute atomic E-state index is 5.80. The first-order valence-corrected chi connectivity index (χ1v) is 6.01. The minimum atomic E-state index is 0.750. The van der Waals surface area contributed by atoms with Crippen molar-refractivity contribution in [1.29, 1.82) is 0 Å². The Kier molecular flexibility index (Phi) is 4.24. The summed E-state index contributed by atoms with van der Waals surface area (Å²) in [5.74, 6) is 6.31. The van der Waals surface area contributed by atoms with E-state index in [4.69, 9.17) is 11.6 Å². The number of hydrogen-bond donors (Lipinski definition) is 0. The van der Waals surface area contributed by atoms with Gasteiger partial charge in [-0.05, 0) is 36.2 Å². The molecule has 0 N–H and O–H groups in total. The molecule has 2 rings (SSSR count). The average molecular weight is 241 g/mol. The molecule has 0 radical (unpaired) electrons. The zero-order chi connectivity index (χ0) is 11.9. The van der Waals surface area contributed by atoms with Gasteiger partial charge in [0, 0.05) is 17.0 Å². The van der Waals surface area contributed by atoms with Gasteiger partial charge >= 0.3 is 0 Å². The number of benzene rings is 2. The summed E-state index contributed by atoms with van der Waals surface area (Å²) in [7, 11) is 0. The van der Waals surface area contributed by atoms with E-state index < -0.39 is 0 Å². The number of aryl methyl sites for hydroxylation is 1. The Morgan fingerprint density at radius 2 is 1.59 bits per heavy atom. The molecule has 17 heavy (non-hydrogen) atoms. The lowest BCUT2D eigenvalue weighted by Gasteiger charge is -1.94. The first-order valence-electron chi connectivity index (χ1n) is 5.63. The summed E-state index contributed by atoms with van der Waals surface area (Å²) < 4.78 is 0. The van der Waals surface area contributed by atoms with E-state index in [2.05, 4.69) is 36.1 Å². The molecule has 0 atom stereocenters. The molecule has 0 aliphatic carbocycles. The Bertz CT molecular complexity index is 515. The molecule has 2 aromatic rings. The van der Waals surface area contributed by atoms with E-state index in [1.165, 1.54) is 5.56 Å². The van der Waals surface area contributed by atoms with Gasteiger partial charge in [-0.25, -0.2) is 0 Å². The highest BCUT2D eigenvalue weighted by atomic mass is 35.5. The average Bonchev–Trinajstić information content (AvgIpc) is 2.38. The SMILES string of the molecule is Clc1ccc(C#CCCc2ccccc2)cc1. The summed E-state index contributed by atoms with van der Waals surface area (Å²) >= 11 is 5.80. The van der Waals surface area contributed by atoms with E-state index in [-0.39, 0.29) is 0 Å². The van der Waals surface area contributed by atoms with Crippen LogP contribution in [0.15, 0.2) is 54.6 Å². The fourth-order valence-corrected chi connectivity index (χ4v) is 1.68. The Balaban J connectivity index is 1.89. The molecule has 0 fully saturated rings. The molecule has 0 nitrogen and oxygen atoms in total. The Morgan fingerprint density at radius 3 is 2.29 bits per heavy atom. The third-order valence-electron chi connectivity index (χ3n) is 2.46. The molecule has 0 aromatic heterocycles. The highest BCUT2D eigenvalue weighted by Gasteiger charge is 1.89. The first kappa shape index (κ1) is 11.8. The van der Waals surface area contributed by atoms with Crippen LogP contribution in [0.1, 0.15) is 17.5 Å². The maximum Gasteiger partial charge on any atom is 0.0406 e. The summed E-state index contributed by atoms with van der Waals surface area (Å²) in [4.78, 5) is 0. The molecule has 1 heteroatoms. The second kappa shape index (κ2) is 6.13. The molecule has 84 valence electrons. The Labute approximate surface area is 107 Å². The topological polar surface area (TPSA) is 0 Å². The van der Waals surface area contributed by atoms with Crippen molar-refractivity contribution in [3.63, 3.8) is 0 Å². The van der Waals surface area contributed by atoms with Crippen LogP contribution in [0.4, 0.5) is 0 Å². The van der Waals surface area contributed by atoms with Crippen LogP contribution >= 0.6 is 11.6 Å². The molecular weight excluding hydrogens is 228 g/mol. The molecule has 0 saturated carbocycles. The van der Waals surface area contributed by atoms with Gasteiger partial charge in [0.05, 0.1) is 0 Å². The molecule has 0 spiro atoms. The normalized spacial score (nSPS) is 9.47. The number of hydrogen-bond acceptors (Lipinski definition) is 0. The van der Waals surface area contributed by atoms with E-state index in [9.17, 15) is 0 Å². The summed E-state index contributed by atoms with van der Waals surface area (Å²) in [5.41, 5.74) is 2.35. The molecule has 0 bridgehead atoms. The third kappa shape index (κ3) is 3.98. The third-order valence-corrected chi connectivity index (χ3v) is 2.71. The predicted octanol–water partition coefficient (Wildman–Crippen LogP) is 4.32. The second-order valence-corrected chi connectivity index (χ2v) is 4.23. The highest BCUT2D eigenvalue weighted by Crippen LogP contribution is 2.08. The second-order valence-electron chi connectivity index (χ2n) is 3.79. The van der Waals surface area contributed by atoms with Gasteiger partial charge in [-0.1, -0.05) is 53.8 Å². The highest BCUT2D eigenvalue weighted by molar-refractivity contribution is 6.30. The lowest BCUT2D eigenvalue weighted by atomic mass is 10.1. The molecule has 0 saturated heterocycles. The molecule has 2 aromatic carbocycles. The summed E-state index contributed by atoms with van der Waals surface area (Å²) in [6.07, 6.45) is 1.88. The van der Waals surface area contributed by atoms with Crippen molar-refractivity contribution in [2.45, 2.75) is 12.8 Å².